The number of carbonyl (C=O) groups excluding carboxylic acids is 2. The second-order valence-corrected chi connectivity index (χ2v) is 6.71. The smallest absolute Gasteiger partial charge is 0.340 e. The van der Waals surface area contributed by atoms with E-state index < -0.39 is 5.97 Å². The van der Waals surface area contributed by atoms with Crippen LogP contribution in [0.5, 0.6) is 5.75 Å². The Morgan fingerprint density at radius 1 is 1.07 bits per heavy atom. The van der Waals surface area contributed by atoms with Crippen LogP contribution >= 0.6 is 0 Å². The van der Waals surface area contributed by atoms with E-state index in [2.05, 4.69) is 9.55 Å². The molecule has 0 saturated carbocycles. The van der Waals surface area contributed by atoms with E-state index in [4.69, 9.17) is 9.47 Å². The number of Topliss-reactive ketones (excluding diaryl/α,β-unsaturated/α-hetero) is 1. The summed E-state index contributed by atoms with van der Waals surface area (Å²) in [4.78, 5) is 29.6. The molecule has 0 saturated heterocycles. The molecule has 2 aromatic heterocycles. The highest BCUT2D eigenvalue weighted by Crippen LogP contribution is 2.22. The van der Waals surface area contributed by atoms with Crippen molar-refractivity contribution in [3.05, 3.63) is 58.5 Å². The Bertz CT molecular complexity index is 1070. The molecular weight excluding hydrogens is 356 g/mol. The summed E-state index contributed by atoms with van der Waals surface area (Å²) in [7, 11) is 1.58. The summed E-state index contributed by atoms with van der Waals surface area (Å²) in [6.07, 6.45) is 0. The minimum Gasteiger partial charge on any atom is -0.497 e. The molecule has 0 spiro atoms. The average Bonchev–Trinajstić information content (AvgIpc) is 2.98. The van der Waals surface area contributed by atoms with Gasteiger partial charge in [0.05, 0.1) is 23.9 Å². The predicted octanol–water partition coefficient (Wildman–Crippen LogP) is 4.03. The van der Waals surface area contributed by atoms with Gasteiger partial charge in [0, 0.05) is 28.9 Å². The van der Waals surface area contributed by atoms with Gasteiger partial charge in [-0.3, -0.25) is 9.78 Å². The Kier molecular flexibility index (Phi) is 5.49. The van der Waals surface area contributed by atoms with E-state index in [1.54, 1.807) is 20.1 Å². The molecule has 0 amide bonds. The van der Waals surface area contributed by atoms with Crippen LogP contribution in [0.3, 0.4) is 0 Å². The molecule has 6 heteroatoms. The van der Waals surface area contributed by atoms with Gasteiger partial charge >= 0.3 is 5.97 Å². The molecule has 3 rings (SSSR count). The lowest BCUT2D eigenvalue weighted by molar-refractivity contribution is 0.0473. The maximum Gasteiger partial charge on any atom is 0.340 e. The number of aryl methyl sites for hydroxylation is 2. The van der Waals surface area contributed by atoms with Crippen molar-refractivity contribution < 1.29 is 19.1 Å². The van der Waals surface area contributed by atoms with Gasteiger partial charge in [-0.05, 0) is 58.0 Å². The van der Waals surface area contributed by atoms with E-state index in [1.807, 2.05) is 45.0 Å². The topological polar surface area (TPSA) is 70.4 Å². The molecule has 0 bridgehead atoms. The monoisotopic (exact) mass is 380 g/mol. The molecule has 0 radical (unpaired) electrons. The second kappa shape index (κ2) is 7.84. The fourth-order valence-corrected chi connectivity index (χ4v) is 3.44. The summed E-state index contributed by atoms with van der Waals surface area (Å²) in [5.41, 5.74) is 4.14. The molecule has 0 aliphatic carbocycles. The van der Waals surface area contributed by atoms with Crippen LogP contribution in [0.15, 0.2) is 30.3 Å². The lowest BCUT2D eigenvalue weighted by atomic mass is 10.1. The summed E-state index contributed by atoms with van der Waals surface area (Å²) in [6, 6.07) is 9.02. The van der Waals surface area contributed by atoms with Crippen molar-refractivity contribution in [1.29, 1.82) is 0 Å². The van der Waals surface area contributed by atoms with Crippen LogP contribution in [-0.4, -0.2) is 35.0 Å². The maximum atomic E-state index is 12.6. The molecule has 28 heavy (non-hydrogen) atoms. The Morgan fingerprint density at radius 2 is 1.82 bits per heavy atom. The van der Waals surface area contributed by atoms with E-state index >= 15 is 0 Å². The molecular formula is C22H24N2O4. The molecule has 0 N–H and O–H groups in total. The minimum absolute atomic E-state index is 0.214. The number of fused-ring (bicyclic) bond motifs is 1. The number of ketones is 1. The highest BCUT2D eigenvalue weighted by Gasteiger charge is 2.19. The van der Waals surface area contributed by atoms with Crippen molar-refractivity contribution in [2.75, 3.05) is 13.7 Å². The van der Waals surface area contributed by atoms with Gasteiger partial charge in [-0.25, -0.2) is 4.79 Å². The first-order valence-electron chi connectivity index (χ1n) is 9.18. The van der Waals surface area contributed by atoms with E-state index in [9.17, 15) is 9.59 Å². The lowest BCUT2D eigenvalue weighted by Gasteiger charge is -2.09. The number of hydrogen-bond acceptors (Lipinski definition) is 5. The van der Waals surface area contributed by atoms with Gasteiger partial charge in [-0.2, -0.15) is 0 Å². The zero-order valence-corrected chi connectivity index (χ0v) is 16.8. The van der Waals surface area contributed by atoms with Gasteiger partial charge in [-0.1, -0.05) is 0 Å². The predicted molar refractivity (Wildman–Crippen MR) is 107 cm³/mol. The van der Waals surface area contributed by atoms with Crippen LogP contribution in [0.1, 0.15) is 44.7 Å². The fraction of sp³-hybridized carbons (Fsp3) is 0.318. The number of benzene rings is 1. The highest BCUT2D eigenvalue weighted by molar-refractivity contribution is 6.01. The SMILES string of the molecule is CCn1c(C)cc(C(=O)COC(=O)c2cc3cc(OC)ccc3nc2C)c1C. The first-order valence-corrected chi connectivity index (χ1v) is 9.18. The Hall–Kier alpha value is -3.15. The number of hydrogen-bond donors (Lipinski definition) is 0. The number of methoxy groups -OCH3 is 1. The Balaban J connectivity index is 1.79. The van der Waals surface area contributed by atoms with E-state index in [0.29, 0.717) is 22.6 Å². The Morgan fingerprint density at radius 3 is 2.46 bits per heavy atom. The van der Waals surface area contributed by atoms with Gasteiger partial charge in [0.1, 0.15) is 5.75 Å². The van der Waals surface area contributed by atoms with Gasteiger partial charge < -0.3 is 14.0 Å². The maximum absolute atomic E-state index is 12.6. The normalized spacial score (nSPS) is 10.9. The second-order valence-electron chi connectivity index (χ2n) is 6.71. The molecule has 0 fully saturated rings. The van der Waals surface area contributed by atoms with Crippen LogP contribution in [-0.2, 0) is 11.3 Å². The third kappa shape index (κ3) is 3.63. The quantitative estimate of drug-likeness (QED) is 0.477. The number of esters is 1. The first kappa shape index (κ1) is 19.6. The number of rotatable bonds is 6. The lowest BCUT2D eigenvalue weighted by Crippen LogP contribution is -2.16. The molecule has 146 valence electrons. The first-order chi connectivity index (χ1) is 13.3. The molecule has 0 aliphatic rings. The largest absolute Gasteiger partial charge is 0.497 e. The van der Waals surface area contributed by atoms with Gasteiger partial charge in [0.2, 0.25) is 5.78 Å². The molecule has 1 aromatic carbocycles. The van der Waals surface area contributed by atoms with Crippen molar-refractivity contribution in [1.82, 2.24) is 9.55 Å². The summed E-state index contributed by atoms with van der Waals surface area (Å²) in [6.45, 7) is 8.11. The minimum atomic E-state index is -0.563. The summed E-state index contributed by atoms with van der Waals surface area (Å²) < 4.78 is 12.6. The van der Waals surface area contributed by atoms with Crippen molar-refractivity contribution in [2.45, 2.75) is 34.2 Å². The summed E-state index contributed by atoms with van der Waals surface area (Å²) in [5.74, 6) is -0.0967. The number of pyridine rings is 1. The fourth-order valence-electron chi connectivity index (χ4n) is 3.44. The van der Waals surface area contributed by atoms with Crippen molar-refractivity contribution in [2.24, 2.45) is 0 Å². The zero-order chi connectivity index (χ0) is 20.4. The van der Waals surface area contributed by atoms with Crippen LogP contribution in [0.4, 0.5) is 0 Å². The standard InChI is InChI=1S/C22H24N2O4/c1-6-24-13(2)9-19(15(24)4)21(25)12-28-22(26)18-11-16-10-17(27-5)7-8-20(16)23-14(18)3/h7-11H,6,12H2,1-5H3. The third-order valence-corrected chi connectivity index (χ3v) is 4.96. The van der Waals surface area contributed by atoms with Crippen molar-refractivity contribution >= 4 is 22.7 Å². The molecule has 2 heterocycles. The van der Waals surface area contributed by atoms with Gasteiger partial charge in [0.25, 0.3) is 0 Å². The van der Waals surface area contributed by atoms with Crippen LogP contribution < -0.4 is 4.74 Å². The summed E-state index contributed by atoms with van der Waals surface area (Å²) in [5, 5.41) is 0.773. The van der Waals surface area contributed by atoms with E-state index in [1.165, 1.54) is 0 Å². The number of aromatic nitrogens is 2. The van der Waals surface area contributed by atoms with Crippen LogP contribution in [0.2, 0.25) is 0 Å². The molecule has 3 aromatic rings. The van der Waals surface area contributed by atoms with E-state index in [-0.39, 0.29) is 12.4 Å². The number of nitrogens with zero attached hydrogens (tertiary/aromatic N) is 2. The van der Waals surface area contributed by atoms with E-state index in [0.717, 1.165) is 28.8 Å². The average molecular weight is 380 g/mol. The number of ether oxygens (including phenoxy) is 2. The number of carbonyl (C=O) groups is 2. The van der Waals surface area contributed by atoms with Crippen molar-refractivity contribution in [3.8, 4) is 5.75 Å². The molecule has 0 unspecified atom stereocenters. The molecule has 6 nitrogen and oxygen atoms in total. The Labute approximate surface area is 164 Å². The molecule has 0 aliphatic heterocycles. The van der Waals surface area contributed by atoms with Gasteiger partial charge in [0.15, 0.2) is 6.61 Å². The zero-order valence-electron chi connectivity index (χ0n) is 16.8. The molecule has 0 atom stereocenters. The highest BCUT2D eigenvalue weighted by atomic mass is 16.5. The van der Waals surface area contributed by atoms with Crippen LogP contribution in [0, 0.1) is 20.8 Å². The van der Waals surface area contributed by atoms with Crippen molar-refractivity contribution in [3.63, 3.8) is 0 Å². The van der Waals surface area contributed by atoms with Crippen LogP contribution in [0.25, 0.3) is 10.9 Å². The van der Waals surface area contributed by atoms with Gasteiger partial charge in [-0.15, -0.1) is 0 Å². The summed E-state index contributed by atoms with van der Waals surface area (Å²) >= 11 is 0. The third-order valence-electron chi connectivity index (χ3n) is 4.96.